The van der Waals surface area contributed by atoms with E-state index in [2.05, 4.69) is 10.6 Å². The minimum Gasteiger partial charge on any atom is -0.538 e. The highest BCUT2D eigenvalue weighted by molar-refractivity contribution is 8.00. The van der Waals surface area contributed by atoms with Gasteiger partial charge in [0.1, 0.15) is 5.75 Å². The summed E-state index contributed by atoms with van der Waals surface area (Å²) in [6.45, 7) is 1.87. The number of nitrogens with one attached hydrogen (secondary N) is 1. The van der Waals surface area contributed by atoms with Gasteiger partial charge in [0.05, 0.1) is 17.6 Å². The lowest BCUT2D eigenvalue weighted by atomic mass is 10.3. The summed E-state index contributed by atoms with van der Waals surface area (Å²) < 4.78 is 11.3. The maximum atomic E-state index is 12.7. The maximum absolute atomic E-state index is 12.7. The number of thioether (sulfide) groups is 1. The zero-order valence-electron chi connectivity index (χ0n) is 15.2. The summed E-state index contributed by atoms with van der Waals surface area (Å²) in [5.41, 5.74) is 1.21. The third-order valence-electron chi connectivity index (χ3n) is 3.90. The molecule has 9 heteroatoms. The number of benzene rings is 2. The van der Waals surface area contributed by atoms with Crippen LogP contribution in [0.2, 0.25) is 5.02 Å². The second-order valence-corrected chi connectivity index (χ2v) is 7.42. The molecule has 1 aromatic heterocycles. The van der Waals surface area contributed by atoms with Crippen LogP contribution in [0.5, 0.6) is 11.7 Å². The normalized spacial score (nSPS) is 11.8. The smallest absolute Gasteiger partial charge is 0.298 e. The van der Waals surface area contributed by atoms with Crippen LogP contribution in [-0.4, -0.2) is 23.5 Å². The largest absolute Gasteiger partial charge is 0.538 e. The van der Waals surface area contributed by atoms with Gasteiger partial charge >= 0.3 is 0 Å². The fourth-order valence-electron chi connectivity index (χ4n) is 2.47. The van der Waals surface area contributed by atoms with Gasteiger partial charge in [0.15, 0.2) is 5.95 Å². The molecule has 0 aliphatic carbocycles. The summed E-state index contributed by atoms with van der Waals surface area (Å²) in [5, 5.41) is 19.0. The Kier molecular flexibility index (Phi) is 6.43. The van der Waals surface area contributed by atoms with E-state index in [1.807, 2.05) is 6.92 Å². The van der Waals surface area contributed by atoms with Gasteiger partial charge in [0.2, 0.25) is 11.6 Å². The quantitative estimate of drug-likeness (QED) is 0.467. The second-order valence-electron chi connectivity index (χ2n) is 5.79. The van der Waals surface area contributed by atoms with Crippen molar-refractivity contribution in [3.05, 3.63) is 53.6 Å². The number of methoxy groups -OCH3 is 1. The highest BCUT2D eigenvalue weighted by atomic mass is 35.5. The number of carbonyl (C=O) groups excluding carboxylic acids is 1. The summed E-state index contributed by atoms with van der Waals surface area (Å²) in [6.07, 6.45) is 0.504. The van der Waals surface area contributed by atoms with E-state index in [4.69, 9.17) is 20.9 Å². The first-order valence-corrected chi connectivity index (χ1v) is 9.74. The Morgan fingerprint density at radius 3 is 2.75 bits per heavy atom. The van der Waals surface area contributed by atoms with Crippen LogP contribution in [0.1, 0.15) is 13.3 Å². The van der Waals surface area contributed by atoms with Gasteiger partial charge < -0.3 is 19.7 Å². The van der Waals surface area contributed by atoms with Crippen molar-refractivity contribution >= 4 is 35.0 Å². The Morgan fingerprint density at radius 2 is 2.11 bits per heavy atom. The van der Waals surface area contributed by atoms with Gasteiger partial charge in [-0.25, -0.2) is 0 Å². The molecule has 1 atom stereocenters. The molecule has 3 rings (SSSR count). The third kappa shape index (κ3) is 4.58. The average Bonchev–Trinajstić information content (AvgIpc) is 3.06. The van der Waals surface area contributed by atoms with Gasteiger partial charge in [-0.3, -0.25) is 4.79 Å². The van der Waals surface area contributed by atoms with Crippen LogP contribution in [-0.2, 0) is 4.79 Å². The highest BCUT2D eigenvalue weighted by Crippen LogP contribution is 2.30. The van der Waals surface area contributed by atoms with E-state index in [1.54, 1.807) is 55.6 Å². The van der Waals surface area contributed by atoms with Gasteiger partial charge in [-0.2, -0.15) is 0 Å². The number of ether oxygens (including phenoxy) is 1. The van der Waals surface area contributed by atoms with Crippen molar-refractivity contribution in [2.24, 2.45) is 0 Å². The molecule has 2 aromatic carbocycles. The SMILES string of the molecule is CCC(Sc1c([O-])on[n+]1-c1ccc(OC)cc1)C(=O)Nc1cccc(Cl)c1. The molecule has 1 heterocycles. The number of hydrogen-bond acceptors (Lipinski definition) is 6. The van der Waals surface area contributed by atoms with Crippen molar-refractivity contribution in [2.45, 2.75) is 23.6 Å². The van der Waals surface area contributed by atoms with Crippen LogP contribution in [0.25, 0.3) is 5.69 Å². The fraction of sp³-hybridized carbons (Fsp3) is 0.211. The van der Waals surface area contributed by atoms with E-state index >= 15 is 0 Å². The maximum Gasteiger partial charge on any atom is 0.298 e. The van der Waals surface area contributed by atoms with E-state index in [0.717, 1.165) is 11.8 Å². The highest BCUT2D eigenvalue weighted by Gasteiger charge is 2.28. The lowest BCUT2D eigenvalue weighted by Crippen LogP contribution is -2.36. The van der Waals surface area contributed by atoms with Gasteiger partial charge in [0, 0.05) is 22.8 Å². The number of amides is 1. The van der Waals surface area contributed by atoms with Crippen LogP contribution in [0.3, 0.4) is 0 Å². The van der Waals surface area contributed by atoms with Crippen molar-refractivity contribution in [3.8, 4) is 17.4 Å². The third-order valence-corrected chi connectivity index (χ3v) is 5.53. The summed E-state index contributed by atoms with van der Waals surface area (Å²) >= 11 is 7.06. The predicted molar refractivity (Wildman–Crippen MR) is 104 cm³/mol. The molecular formula is C19H18ClN3O4S. The van der Waals surface area contributed by atoms with E-state index < -0.39 is 11.2 Å². The molecule has 0 radical (unpaired) electrons. The molecule has 3 aromatic rings. The van der Waals surface area contributed by atoms with Gasteiger partial charge in [-0.05, 0) is 53.2 Å². The molecule has 7 nitrogen and oxygen atoms in total. The summed E-state index contributed by atoms with van der Waals surface area (Å²) in [5.74, 6) is -0.164. The zero-order valence-corrected chi connectivity index (χ0v) is 16.8. The minimum atomic E-state index is -0.602. The Bertz CT molecular complexity index is 962. The molecule has 0 aliphatic rings. The second kappa shape index (κ2) is 8.99. The van der Waals surface area contributed by atoms with E-state index in [-0.39, 0.29) is 10.9 Å². The first-order valence-electron chi connectivity index (χ1n) is 8.48. The number of hydrogen-bond donors (Lipinski definition) is 1. The van der Waals surface area contributed by atoms with Crippen LogP contribution in [0, 0.1) is 0 Å². The predicted octanol–water partition coefficient (Wildman–Crippen LogP) is 3.20. The molecule has 1 amide bonds. The molecule has 146 valence electrons. The fourth-order valence-corrected chi connectivity index (χ4v) is 3.64. The van der Waals surface area contributed by atoms with Crippen molar-refractivity contribution in [1.29, 1.82) is 0 Å². The van der Waals surface area contributed by atoms with Crippen LogP contribution in [0.4, 0.5) is 5.69 Å². The summed E-state index contributed by atoms with van der Waals surface area (Å²) in [4.78, 5) is 12.7. The first kappa shape index (κ1) is 20.0. The van der Waals surface area contributed by atoms with Gasteiger partial charge in [-0.1, -0.05) is 24.6 Å². The molecule has 0 aliphatic heterocycles. The summed E-state index contributed by atoms with van der Waals surface area (Å²) in [6, 6.07) is 13.9. The van der Waals surface area contributed by atoms with Gasteiger partial charge in [-0.15, -0.1) is 0 Å². The Morgan fingerprint density at radius 1 is 1.36 bits per heavy atom. The molecular weight excluding hydrogens is 402 g/mol. The first-order chi connectivity index (χ1) is 13.5. The number of carbonyl (C=O) groups is 1. The topological polar surface area (TPSA) is 91.3 Å². The molecule has 0 fully saturated rings. The van der Waals surface area contributed by atoms with Crippen LogP contribution >= 0.6 is 23.4 Å². The molecule has 1 unspecified atom stereocenters. The minimum absolute atomic E-state index is 0.221. The van der Waals surface area contributed by atoms with E-state index in [9.17, 15) is 9.90 Å². The van der Waals surface area contributed by atoms with Crippen molar-refractivity contribution < 1.29 is 23.8 Å². The lowest BCUT2D eigenvalue weighted by Gasteiger charge is -2.13. The molecule has 0 bridgehead atoms. The van der Waals surface area contributed by atoms with Gasteiger partial charge in [0.25, 0.3) is 5.03 Å². The molecule has 0 spiro atoms. The average molecular weight is 420 g/mol. The number of rotatable bonds is 7. The number of anilines is 1. The Hall–Kier alpha value is -2.71. The number of aromatic nitrogens is 2. The molecule has 0 saturated carbocycles. The van der Waals surface area contributed by atoms with Crippen molar-refractivity contribution in [2.75, 3.05) is 12.4 Å². The van der Waals surface area contributed by atoms with Crippen molar-refractivity contribution in [3.63, 3.8) is 0 Å². The standard InChI is InChI=1S/C19H18ClN3O4S/c1-3-16(17(24)21-13-6-4-5-12(20)11-13)28-18-19(25)27-22-23(18)14-7-9-15(26-2)10-8-14/h4-11,16H,3H2,1-2H3,(H-,21,22,24,25). The number of nitrogens with zero attached hydrogens (tertiary/aromatic N) is 2. The van der Waals surface area contributed by atoms with Crippen molar-refractivity contribution in [1.82, 2.24) is 5.27 Å². The molecule has 28 heavy (non-hydrogen) atoms. The van der Waals surface area contributed by atoms with E-state index in [0.29, 0.717) is 28.6 Å². The number of halogens is 1. The molecule has 1 N–H and O–H groups in total. The Balaban J connectivity index is 1.80. The van der Waals surface area contributed by atoms with Crippen LogP contribution < -0.4 is 19.8 Å². The monoisotopic (exact) mass is 419 g/mol. The Labute approximate surface area is 171 Å². The molecule has 0 saturated heterocycles. The van der Waals surface area contributed by atoms with E-state index in [1.165, 1.54) is 4.68 Å². The zero-order chi connectivity index (χ0) is 20.1. The van der Waals surface area contributed by atoms with Crippen LogP contribution in [0.15, 0.2) is 58.1 Å². The summed E-state index contributed by atoms with van der Waals surface area (Å²) in [7, 11) is 1.57. The lowest BCUT2D eigenvalue weighted by molar-refractivity contribution is -0.705.